The monoisotopic (exact) mass is 326 g/mol. The van der Waals surface area contributed by atoms with Crippen molar-refractivity contribution >= 4 is 28.8 Å². The Kier molecular flexibility index (Phi) is 5.19. The highest BCUT2D eigenvalue weighted by Gasteiger charge is 2.25. The van der Waals surface area contributed by atoms with Crippen LogP contribution in [0.2, 0.25) is 4.34 Å². The molecule has 1 aromatic rings. The first-order valence-corrected chi connectivity index (χ1v) is 9.14. The van der Waals surface area contributed by atoms with Gasteiger partial charge in [-0.2, -0.15) is 0 Å². The molecule has 0 spiro atoms. The maximum atomic E-state index is 12.3. The van der Waals surface area contributed by atoms with Gasteiger partial charge in [0.25, 0.3) is 0 Å². The zero-order chi connectivity index (χ0) is 14.7. The standard InChI is InChI=1S/C16H23ClN2OS/c17-15-6-5-14(21-15)12-18-7-9-19(10-8-18)16(20)11-13-3-1-2-4-13/h5-6,13H,1-4,7-12H2. The summed E-state index contributed by atoms with van der Waals surface area (Å²) in [4.78, 5) is 18.1. The van der Waals surface area contributed by atoms with Crippen molar-refractivity contribution in [3.05, 3.63) is 21.3 Å². The zero-order valence-corrected chi connectivity index (χ0v) is 14.0. The highest BCUT2D eigenvalue weighted by molar-refractivity contribution is 7.16. The Labute approximate surface area is 135 Å². The summed E-state index contributed by atoms with van der Waals surface area (Å²) < 4.78 is 0.857. The number of amides is 1. The van der Waals surface area contributed by atoms with Crippen LogP contribution < -0.4 is 0 Å². The van der Waals surface area contributed by atoms with Gasteiger partial charge in [-0.15, -0.1) is 11.3 Å². The molecule has 1 aromatic heterocycles. The third kappa shape index (κ3) is 4.21. The summed E-state index contributed by atoms with van der Waals surface area (Å²) in [6, 6.07) is 4.06. The lowest BCUT2D eigenvalue weighted by atomic mass is 10.0. The van der Waals surface area contributed by atoms with E-state index in [1.807, 2.05) is 6.07 Å². The van der Waals surface area contributed by atoms with Crippen LogP contribution in [0.4, 0.5) is 0 Å². The summed E-state index contributed by atoms with van der Waals surface area (Å²) >= 11 is 7.62. The highest BCUT2D eigenvalue weighted by Crippen LogP contribution is 2.28. The van der Waals surface area contributed by atoms with E-state index in [9.17, 15) is 4.79 Å². The van der Waals surface area contributed by atoms with E-state index in [-0.39, 0.29) is 0 Å². The molecule has 3 rings (SSSR count). The van der Waals surface area contributed by atoms with Crippen LogP contribution in [0, 0.1) is 5.92 Å². The van der Waals surface area contributed by atoms with Crippen molar-refractivity contribution in [3.8, 4) is 0 Å². The molecule has 1 saturated carbocycles. The van der Waals surface area contributed by atoms with E-state index < -0.39 is 0 Å². The third-order valence-corrected chi connectivity index (χ3v) is 5.89. The van der Waals surface area contributed by atoms with Crippen molar-refractivity contribution in [1.82, 2.24) is 9.80 Å². The van der Waals surface area contributed by atoms with Gasteiger partial charge >= 0.3 is 0 Å². The van der Waals surface area contributed by atoms with Gasteiger partial charge in [0, 0.05) is 44.0 Å². The molecular formula is C16H23ClN2OS. The van der Waals surface area contributed by atoms with E-state index >= 15 is 0 Å². The Morgan fingerprint density at radius 1 is 1.19 bits per heavy atom. The molecule has 0 unspecified atom stereocenters. The molecule has 21 heavy (non-hydrogen) atoms. The summed E-state index contributed by atoms with van der Waals surface area (Å²) in [6.45, 7) is 4.68. The number of thiophene rings is 1. The molecule has 0 atom stereocenters. The van der Waals surface area contributed by atoms with Crippen LogP contribution in [0.15, 0.2) is 12.1 Å². The average Bonchev–Trinajstić information content (AvgIpc) is 3.12. The van der Waals surface area contributed by atoms with Gasteiger partial charge in [0.1, 0.15) is 0 Å². The second-order valence-electron chi connectivity index (χ2n) is 6.22. The molecule has 5 heteroatoms. The second-order valence-corrected chi connectivity index (χ2v) is 8.02. The molecule has 116 valence electrons. The van der Waals surface area contributed by atoms with Crippen LogP contribution >= 0.6 is 22.9 Å². The molecule has 3 nitrogen and oxygen atoms in total. The van der Waals surface area contributed by atoms with Crippen LogP contribution in [0.25, 0.3) is 0 Å². The predicted molar refractivity (Wildman–Crippen MR) is 87.8 cm³/mol. The van der Waals surface area contributed by atoms with E-state index in [2.05, 4.69) is 15.9 Å². The van der Waals surface area contributed by atoms with Crippen LogP contribution in [-0.2, 0) is 11.3 Å². The summed E-state index contributed by atoms with van der Waals surface area (Å²) in [5, 5.41) is 0. The molecule has 1 amide bonds. The summed E-state index contributed by atoms with van der Waals surface area (Å²) in [7, 11) is 0. The maximum absolute atomic E-state index is 12.3. The molecule has 2 heterocycles. The lowest BCUT2D eigenvalue weighted by molar-refractivity contribution is -0.134. The van der Waals surface area contributed by atoms with E-state index in [0.717, 1.165) is 43.5 Å². The molecule has 0 N–H and O–H groups in total. The topological polar surface area (TPSA) is 23.6 Å². The average molecular weight is 327 g/mol. The number of hydrogen-bond donors (Lipinski definition) is 0. The Hall–Kier alpha value is -0.580. The van der Waals surface area contributed by atoms with E-state index in [0.29, 0.717) is 11.8 Å². The Balaban J connectivity index is 1.42. The van der Waals surface area contributed by atoms with Crippen molar-refractivity contribution in [2.45, 2.75) is 38.6 Å². The van der Waals surface area contributed by atoms with E-state index in [1.54, 1.807) is 11.3 Å². The fraction of sp³-hybridized carbons (Fsp3) is 0.688. The van der Waals surface area contributed by atoms with Crippen molar-refractivity contribution in [2.24, 2.45) is 5.92 Å². The van der Waals surface area contributed by atoms with Crippen LogP contribution in [0.1, 0.15) is 37.0 Å². The van der Waals surface area contributed by atoms with Crippen molar-refractivity contribution in [1.29, 1.82) is 0 Å². The third-order valence-electron chi connectivity index (χ3n) is 4.67. The molecule has 0 radical (unpaired) electrons. The van der Waals surface area contributed by atoms with Gasteiger partial charge in [-0.05, 0) is 30.9 Å². The first kappa shape index (κ1) is 15.3. The Bertz CT molecular complexity index is 476. The molecule has 1 saturated heterocycles. The number of carbonyl (C=O) groups is 1. The first-order valence-electron chi connectivity index (χ1n) is 7.95. The predicted octanol–water partition coefficient (Wildman–Crippen LogP) is 3.63. The molecule has 0 aromatic carbocycles. The quantitative estimate of drug-likeness (QED) is 0.843. The summed E-state index contributed by atoms with van der Waals surface area (Å²) in [5.74, 6) is 1.03. The largest absolute Gasteiger partial charge is 0.340 e. The first-order chi connectivity index (χ1) is 10.2. The number of rotatable bonds is 4. The fourth-order valence-corrected chi connectivity index (χ4v) is 4.53. The number of nitrogens with zero attached hydrogens (tertiary/aromatic N) is 2. The minimum absolute atomic E-state index is 0.376. The Morgan fingerprint density at radius 2 is 1.90 bits per heavy atom. The van der Waals surface area contributed by atoms with Gasteiger partial charge in [0.2, 0.25) is 5.91 Å². The normalized spacial score (nSPS) is 21.1. The van der Waals surface area contributed by atoms with Crippen molar-refractivity contribution in [3.63, 3.8) is 0 Å². The Morgan fingerprint density at radius 3 is 2.52 bits per heavy atom. The van der Waals surface area contributed by atoms with Gasteiger partial charge in [-0.25, -0.2) is 0 Å². The summed E-state index contributed by atoms with van der Waals surface area (Å²) in [5.41, 5.74) is 0. The second kappa shape index (κ2) is 7.12. The smallest absolute Gasteiger partial charge is 0.222 e. The number of piperazine rings is 1. The lowest BCUT2D eigenvalue weighted by Gasteiger charge is -2.35. The molecule has 1 aliphatic carbocycles. The number of hydrogen-bond acceptors (Lipinski definition) is 3. The summed E-state index contributed by atoms with van der Waals surface area (Å²) in [6.07, 6.45) is 5.92. The van der Waals surface area contributed by atoms with Crippen molar-refractivity contribution in [2.75, 3.05) is 26.2 Å². The van der Waals surface area contributed by atoms with Gasteiger partial charge in [-0.1, -0.05) is 24.4 Å². The molecule has 0 bridgehead atoms. The minimum atomic E-state index is 0.376. The molecule has 2 aliphatic rings. The molecule has 2 fully saturated rings. The number of halogens is 1. The van der Waals surface area contributed by atoms with Gasteiger partial charge in [0.15, 0.2) is 0 Å². The van der Waals surface area contributed by atoms with Crippen LogP contribution in [0.3, 0.4) is 0 Å². The molecular weight excluding hydrogens is 304 g/mol. The van der Waals surface area contributed by atoms with E-state index in [4.69, 9.17) is 11.6 Å². The SMILES string of the molecule is O=C(CC1CCCC1)N1CCN(Cc2ccc(Cl)s2)CC1. The highest BCUT2D eigenvalue weighted by atomic mass is 35.5. The maximum Gasteiger partial charge on any atom is 0.222 e. The van der Waals surface area contributed by atoms with Crippen LogP contribution in [0.5, 0.6) is 0 Å². The lowest BCUT2D eigenvalue weighted by Crippen LogP contribution is -2.48. The number of carbonyl (C=O) groups excluding carboxylic acids is 1. The van der Waals surface area contributed by atoms with Gasteiger partial charge in [-0.3, -0.25) is 9.69 Å². The fourth-order valence-electron chi connectivity index (χ4n) is 3.40. The van der Waals surface area contributed by atoms with Crippen LogP contribution in [-0.4, -0.2) is 41.9 Å². The van der Waals surface area contributed by atoms with Crippen molar-refractivity contribution < 1.29 is 4.79 Å². The molecule has 1 aliphatic heterocycles. The minimum Gasteiger partial charge on any atom is -0.340 e. The van der Waals surface area contributed by atoms with Gasteiger partial charge < -0.3 is 4.90 Å². The zero-order valence-electron chi connectivity index (χ0n) is 12.4. The van der Waals surface area contributed by atoms with Gasteiger partial charge in [0.05, 0.1) is 4.34 Å². The van der Waals surface area contributed by atoms with E-state index in [1.165, 1.54) is 30.6 Å².